The van der Waals surface area contributed by atoms with Crippen LogP contribution in [-0.4, -0.2) is 29.3 Å². The van der Waals surface area contributed by atoms with Crippen molar-refractivity contribution in [2.75, 3.05) is 13.1 Å². The number of halogens is 1. The van der Waals surface area contributed by atoms with Gasteiger partial charge in [-0.25, -0.2) is 0 Å². The van der Waals surface area contributed by atoms with Crippen molar-refractivity contribution in [3.05, 3.63) is 0 Å². The van der Waals surface area contributed by atoms with Gasteiger partial charge < -0.3 is 0 Å². The van der Waals surface area contributed by atoms with Crippen molar-refractivity contribution in [3.8, 4) is 0 Å². The molecule has 0 aromatic rings. The molecule has 0 amide bonds. The summed E-state index contributed by atoms with van der Waals surface area (Å²) in [4.78, 5) is 13.2. The molecule has 0 aliphatic carbocycles. The summed E-state index contributed by atoms with van der Waals surface area (Å²) in [6, 6.07) is 0.000340. The van der Waals surface area contributed by atoms with Crippen LogP contribution in [0.4, 0.5) is 0 Å². The number of nitrogens with zero attached hydrogens (tertiary/aromatic N) is 1. The first-order valence-corrected chi connectivity index (χ1v) is 5.07. The predicted octanol–water partition coefficient (Wildman–Crippen LogP) is 2.02. The molecule has 0 aromatic heterocycles. The molecule has 1 heterocycles. The Kier molecular flexibility index (Phi) is 4.02. The molecule has 1 aliphatic rings. The third-order valence-electron chi connectivity index (χ3n) is 2.39. The summed E-state index contributed by atoms with van der Waals surface area (Å²) >= 11 is 5.51. The standard InChI is InChI=1S/C9H16ClNO/c1-2-6-11-7-4-3-5-8(11)9(10)12/h8H,2-7H2,1H3/t8-/m0/s1. The Morgan fingerprint density at radius 2 is 2.33 bits per heavy atom. The van der Waals surface area contributed by atoms with Crippen molar-refractivity contribution in [2.24, 2.45) is 0 Å². The van der Waals surface area contributed by atoms with E-state index in [9.17, 15) is 4.79 Å². The van der Waals surface area contributed by atoms with Crippen LogP contribution in [0.25, 0.3) is 0 Å². The van der Waals surface area contributed by atoms with E-state index in [2.05, 4.69) is 11.8 Å². The summed E-state index contributed by atoms with van der Waals surface area (Å²) in [5.41, 5.74) is 0. The molecular weight excluding hydrogens is 174 g/mol. The number of likely N-dealkylation sites (tertiary alicyclic amines) is 1. The second kappa shape index (κ2) is 4.83. The largest absolute Gasteiger partial charge is 0.293 e. The average Bonchev–Trinajstić information content (AvgIpc) is 2.05. The Hall–Kier alpha value is -0.0800. The van der Waals surface area contributed by atoms with Crippen LogP contribution in [0.15, 0.2) is 0 Å². The maximum Gasteiger partial charge on any atom is 0.238 e. The first kappa shape index (κ1) is 10.0. The molecule has 1 rings (SSSR count). The summed E-state index contributed by atoms with van der Waals surface area (Å²) in [5.74, 6) is 0. The van der Waals surface area contributed by atoms with E-state index in [1.165, 1.54) is 6.42 Å². The van der Waals surface area contributed by atoms with E-state index >= 15 is 0 Å². The fourth-order valence-electron chi connectivity index (χ4n) is 1.80. The van der Waals surface area contributed by atoms with Gasteiger partial charge in [-0.05, 0) is 44.0 Å². The molecule has 3 heteroatoms. The summed E-state index contributed by atoms with van der Waals surface area (Å²) in [6.07, 6.45) is 4.40. The minimum atomic E-state index is -0.178. The van der Waals surface area contributed by atoms with Crippen LogP contribution in [0.1, 0.15) is 32.6 Å². The molecule has 0 N–H and O–H groups in total. The second-order valence-electron chi connectivity index (χ2n) is 3.35. The Bertz CT molecular complexity index is 159. The first-order chi connectivity index (χ1) is 5.75. The quantitative estimate of drug-likeness (QED) is 0.634. The maximum absolute atomic E-state index is 11.0. The molecule has 2 nitrogen and oxygen atoms in total. The van der Waals surface area contributed by atoms with Gasteiger partial charge >= 0.3 is 0 Å². The van der Waals surface area contributed by atoms with Crippen LogP contribution in [0.5, 0.6) is 0 Å². The van der Waals surface area contributed by atoms with E-state index in [0.29, 0.717) is 0 Å². The number of hydrogen-bond acceptors (Lipinski definition) is 2. The molecule has 0 spiro atoms. The third-order valence-corrected chi connectivity index (χ3v) is 2.64. The highest BCUT2D eigenvalue weighted by molar-refractivity contribution is 6.64. The summed E-state index contributed by atoms with van der Waals surface area (Å²) in [7, 11) is 0. The van der Waals surface area contributed by atoms with Crippen molar-refractivity contribution in [1.82, 2.24) is 4.90 Å². The molecule has 0 bridgehead atoms. The minimum Gasteiger partial charge on any atom is -0.293 e. The van der Waals surface area contributed by atoms with Crippen molar-refractivity contribution in [3.63, 3.8) is 0 Å². The molecule has 1 saturated heterocycles. The van der Waals surface area contributed by atoms with Gasteiger partial charge in [0.1, 0.15) is 0 Å². The molecule has 0 unspecified atom stereocenters. The van der Waals surface area contributed by atoms with Crippen molar-refractivity contribution < 1.29 is 4.79 Å². The highest BCUT2D eigenvalue weighted by atomic mass is 35.5. The lowest BCUT2D eigenvalue weighted by Gasteiger charge is -2.32. The minimum absolute atomic E-state index is 0.000340. The normalized spacial score (nSPS) is 25.7. The molecule has 0 aromatic carbocycles. The van der Waals surface area contributed by atoms with Crippen molar-refractivity contribution in [2.45, 2.75) is 38.6 Å². The summed E-state index contributed by atoms with van der Waals surface area (Å²) in [5, 5.41) is -0.178. The molecular formula is C9H16ClNO. The Balaban J connectivity index is 2.48. The number of hydrogen-bond donors (Lipinski definition) is 0. The monoisotopic (exact) mass is 189 g/mol. The van der Waals surface area contributed by atoms with E-state index in [0.717, 1.165) is 32.4 Å². The topological polar surface area (TPSA) is 20.3 Å². The fraction of sp³-hybridized carbons (Fsp3) is 0.889. The van der Waals surface area contributed by atoms with E-state index in [1.807, 2.05) is 0 Å². The highest BCUT2D eigenvalue weighted by Gasteiger charge is 2.26. The molecule has 1 fully saturated rings. The third kappa shape index (κ3) is 2.46. The van der Waals surface area contributed by atoms with Crippen LogP contribution in [0.3, 0.4) is 0 Å². The van der Waals surface area contributed by atoms with E-state index in [-0.39, 0.29) is 11.3 Å². The zero-order valence-electron chi connectivity index (χ0n) is 7.55. The van der Waals surface area contributed by atoms with E-state index < -0.39 is 0 Å². The van der Waals surface area contributed by atoms with Crippen LogP contribution < -0.4 is 0 Å². The lowest BCUT2D eigenvalue weighted by molar-refractivity contribution is -0.117. The SMILES string of the molecule is CCCN1CCCC[C@H]1C(=O)Cl. The zero-order chi connectivity index (χ0) is 8.97. The Morgan fingerprint density at radius 3 is 2.92 bits per heavy atom. The second-order valence-corrected chi connectivity index (χ2v) is 3.72. The molecule has 12 heavy (non-hydrogen) atoms. The van der Waals surface area contributed by atoms with Gasteiger partial charge in [0.25, 0.3) is 0 Å². The molecule has 1 aliphatic heterocycles. The fourth-order valence-corrected chi connectivity index (χ4v) is 2.05. The van der Waals surface area contributed by atoms with Gasteiger partial charge in [0.05, 0.1) is 6.04 Å². The van der Waals surface area contributed by atoms with Crippen LogP contribution in [-0.2, 0) is 4.79 Å². The van der Waals surface area contributed by atoms with Gasteiger partial charge in [-0.15, -0.1) is 0 Å². The summed E-state index contributed by atoms with van der Waals surface area (Å²) in [6.45, 7) is 4.17. The van der Waals surface area contributed by atoms with Gasteiger partial charge in [-0.1, -0.05) is 13.3 Å². The van der Waals surface area contributed by atoms with Gasteiger partial charge in [-0.2, -0.15) is 0 Å². The average molecular weight is 190 g/mol. The van der Waals surface area contributed by atoms with E-state index in [1.54, 1.807) is 0 Å². The van der Waals surface area contributed by atoms with Crippen LogP contribution in [0, 0.1) is 0 Å². The highest BCUT2D eigenvalue weighted by Crippen LogP contribution is 2.18. The number of rotatable bonds is 3. The van der Waals surface area contributed by atoms with Gasteiger partial charge in [0.2, 0.25) is 5.24 Å². The van der Waals surface area contributed by atoms with Crippen molar-refractivity contribution >= 4 is 16.8 Å². The lowest BCUT2D eigenvalue weighted by Crippen LogP contribution is -2.43. The van der Waals surface area contributed by atoms with Crippen molar-refractivity contribution in [1.29, 1.82) is 0 Å². The molecule has 0 saturated carbocycles. The molecule has 70 valence electrons. The molecule has 0 radical (unpaired) electrons. The number of carbonyl (C=O) groups excluding carboxylic acids is 1. The van der Waals surface area contributed by atoms with Gasteiger partial charge in [0.15, 0.2) is 0 Å². The van der Waals surface area contributed by atoms with Crippen LogP contribution >= 0.6 is 11.6 Å². The Labute approximate surface area is 78.9 Å². The van der Waals surface area contributed by atoms with Gasteiger partial charge in [0, 0.05) is 0 Å². The first-order valence-electron chi connectivity index (χ1n) is 4.69. The van der Waals surface area contributed by atoms with E-state index in [4.69, 9.17) is 11.6 Å². The van der Waals surface area contributed by atoms with Crippen LogP contribution in [0.2, 0.25) is 0 Å². The number of piperidine rings is 1. The van der Waals surface area contributed by atoms with Gasteiger partial charge in [-0.3, -0.25) is 9.69 Å². The summed E-state index contributed by atoms with van der Waals surface area (Å²) < 4.78 is 0. The zero-order valence-corrected chi connectivity index (χ0v) is 8.31. The maximum atomic E-state index is 11.0. The smallest absolute Gasteiger partial charge is 0.238 e. The molecule has 1 atom stereocenters. The number of carbonyl (C=O) groups is 1. The lowest BCUT2D eigenvalue weighted by atomic mass is 10.0. The predicted molar refractivity (Wildman–Crippen MR) is 50.4 cm³/mol. The Morgan fingerprint density at radius 1 is 1.58 bits per heavy atom.